The van der Waals surface area contributed by atoms with Crippen LogP contribution in [0.1, 0.15) is 35.5 Å². The molecular formula is C29H29NO4. The molecule has 5 heteroatoms. The summed E-state index contributed by atoms with van der Waals surface area (Å²) in [7, 11) is 0. The van der Waals surface area contributed by atoms with E-state index in [1.54, 1.807) is 13.0 Å². The second kappa shape index (κ2) is 10.8. The first-order valence-corrected chi connectivity index (χ1v) is 11.5. The van der Waals surface area contributed by atoms with Crippen LogP contribution in [0.25, 0.3) is 16.9 Å². The van der Waals surface area contributed by atoms with Crippen molar-refractivity contribution in [1.29, 1.82) is 0 Å². The number of para-hydroxylation sites is 1. The van der Waals surface area contributed by atoms with Gasteiger partial charge in [-0.1, -0.05) is 30.3 Å². The average molecular weight is 456 g/mol. The highest BCUT2D eigenvalue weighted by atomic mass is 16.5. The van der Waals surface area contributed by atoms with Crippen molar-refractivity contribution in [3.8, 4) is 28.4 Å². The van der Waals surface area contributed by atoms with Crippen molar-refractivity contribution >= 4 is 5.97 Å². The van der Waals surface area contributed by atoms with Gasteiger partial charge in [0.05, 0.1) is 24.5 Å². The maximum absolute atomic E-state index is 12.3. The van der Waals surface area contributed by atoms with E-state index in [2.05, 4.69) is 16.7 Å². The smallest absolute Gasteiger partial charge is 0.338 e. The predicted molar refractivity (Wildman–Crippen MR) is 134 cm³/mol. The molecule has 4 rings (SSSR count). The number of aryl methyl sites for hydroxylation is 1. The first-order valence-electron chi connectivity index (χ1n) is 11.5. The maximum Gasteiger partial charge on any atom is 0.338 e. The summed E-state index contributed by atoms with van der Waals surface area (Å²) in [6.07, 6.45) is 0. The number of ether oxygens (including phenoxy) is 3. The molecule has 1 heterocycles. The Morgan fingerprint density at radius 1 is 0.824 bits per heavy atom. The lowest BCUT2D eigenvalue weighted by Gasteiger charge is -2.16. The summed E-state index contributed by atoms with van der Waals surface area (Å²) in [6, 6.07) is 27.6. The van der Waals surface area contributed by atoms with Gasteiger partial charge in [0.1, 0.15) is 18.1 Å². The lowest BCUT2D eigenvalue weighted by molar-refractivity contribution is 0.0526. The van der Waals surface area contributed by atoms with E-state index < -0.39 is 0 Å². The SMILES string of the molecule is CCOC(=O)c1cccc(-n2c(C)ccc2-c2ccccc2OCc2ccc(OCC)cc2)c1. The topological polar surface area (TPSA) is 49.7 Å². The van der Waals surface area contributed by atoms with Crippen molar-refractivity contribution in [2.45, 2.75) is 27.4 Å². The zero-order valence-corrected chi connectivity index (χ0v) is 19.8. The van der Waals surface area contributed by atoms with Gasteiger partial charge in [0, 0.05) is 16.9 Å². The van der Waals surface area contributed by atoms with Crippen LogP contribution in [0.2, 0.25) is 0 Å². The molecule has 174 valence electrons. The molecule has 0 atom stereocenters. The summed E-state index contributed by atoms with van der Waals surface area (Å²) in [5.41, 5.74) is 5.50. The molecule has 0 aliphatic heterocycles. The van der Waals surface area contributed by atoms with Gasteiger partial charge < -0.3 is 18.8 Å². The van der Waals surface area contributed by atoms with E-state index >= 15 is 0 Å². The van der Waals surface area contributed by atoms with Crippen LogP contribution >= 0.6 is 0 Å². The Morgan fingerprint density at radius 2 is 1.62 bits per heavy atom. The number of benzene rings is 3. The molecule has 0 aliphatic carbocycles. The second-order valence-corrected chi connectivity index (χ2v) is 7.83. The number of hydrogen-bond donors (Lipinski definition) is 0. The third-order valence-electron chi connectivity index (χ3n) is 5.48. The summed E-state index contributed by atoms with van der Waals surface area (Å²) in [5, 5.41) is 0. The maximum atomic E-state index is 12.3. The van der Waals surface area contributed by atoms with E-state index in [9.17, 15) is 4.79 Å². The number of esters is 1. The minimum atomic E-state index is -0.324. The minimum Gasteiger partial charge on any atom is -0.494 e. The Morgan fingerprint density at radius 3 is 2.38 bits per heavy atom. The molecule has 0 radical (unpaired) electrons. The molecule has 0 fully saturated rings. The van der Waals surface area contributed by atoms with E-state index in [1.165, 1.54) is 0 Å². The van der Waals surface area contributed by atoms with Gasteiger partial charge in [-0.3, -0.25) is 0 Å². The molecule has 4 aromatic rings. The van der Waals surface area contributed by atoms with Crippen LogP contribution in [0.4, 0.5) is 0 Å². The number of carbonyl (C=O) groups is 1. The van der Waals surface area contributed by atoms with Crippen LogP contribution < -0.4 is 9.47 Å². The van der Waals surface area contributed by atoms with Crippen LogP contribution in [-0.2, 0) is 11.3 Å². The van der Waals surface area contributed by atoms with Crippen molar-refractivity contribution in [2.75, 3.05) is 13.2 Å². The first-order chi connectivity index (χ1) is 16.6. The molecule has 0 spiro atoms. The molecule has 0 N–H and O–H groups in total. The van der Waals surface area contributed by atoms with Gasteiger partial charge >= 0.3 is 5.97 Å². The van der Waals surface area contributed by atoms with Gasteiger partial charge in [-0.05, 0) is 80.9 Å². The third kappa shape index (κ3) is 5.15. The lowest BCUT2D eigenvalue weighted by Crippen LogP contribution is -2.07. The highest BCUT2D eigenvalue weighted by Crippen LogP contribution is 2.34. The Bertz CT molecular complexity index is 1260. The number of hydrogen-bond acceptors (Lipinski definition) is 4. The summed E-state index contributed by atoms with van der Waals surface area (Å²) in [5.74, 6) is 1.32. The Balaban J connectivity index is 1.63. The minimum absolute atomic E-state index is 0.324. The second-order valence-electron chi connectivity index (χ2n) is 7.83. The normalized spacial score (nSPS) is 10.7. The molecule has 3 aromatic carbocycles. The third-order valence-corrected chi connectivity index (χ3v) is 5.48. The molecule has 0 aliphatic rings. The van der Waals surface area contributed by atoms with Crippen molar-refractivity contribution in [2.24, 2.45) is 0 Å². The fraction of sp³-hybridized carbons (Fsp3) is 0.207. The van der Waals surface area contributed by atoms with E-state index in [-0.39, 0.29) is 5.97 Å². The fourth-order valence-corrected chi connectivity index (χ4v) is 3.89. The average Bonchev–Trinajstić information content (AvgIpc) is 3.25. The Hall–Kier alpha value is -3.99. The van der Waals surface area contributed by atoms with Gasteiger partial charge in [-0.15, -0.1) is 0 Å². The van der Waals surface area contributed by atoms with Gasteiger partial charge in [0.25, 0.3) is 0 Å². The van der Waals surface area contributed by atoms with Crippen LogP contribution in [0.3, 0.4) is 0 Å². The highest BCUT2D eigenvalue weighted by Gasteiger charge is 2.15. The number of rotatable bonds is 9. The molecule has 0 saturated carbocycles. The number of carbonyl (C=O) groups excluding carboxylic acids is 1. The zero-order chi connectivity index (χ0) is 23.9. The summed E-state index contributed by atoms with van der Waals surface area (Å²) in [4.78, 5) is 12.3. The molecule has 0 unspecified atom stereocenters. The molecule has 5 nitrogen and oxygen atoms in total. The van der Waals surface area contributed by atoms with Crippen molar-refractivity contribution < 1.29 is 19.0 Å². The quantitative estimate of drug-likeness (QED) is 0.267. The largest absolute Gasteiger partial charge is 0.494 e. The molecular weight excluding hydrogens is 426 g/mol. The molecule has 1 aromatic heterocycles. The standard InChI is InChI=1S/C29H29NO4/c1-4-32-25-16-14-22(15-17-25)20-34-28-12-7-6-11-26(28)27-18-13-21(3)30(27)24-10-8-9-23(19-24)29(31)33-5-2/h6-19H,4-5,20H2,1-3H3. The van der Waals surface area contributed by atoms with Gasteiger partial charge in [-0.25, -0.2) is 4.79 Å². The monoisotopic (exact) mass is 455 g/mol. The number of nitrogens with zero attached hydrogens (tertiary/aromatic N) is 1. The van der Waals surface area contributed by atoms with Crippen molar-refractivity contribution in [1.82, 2.24) is 4.57 Å². The van der Waals surface area contributed by atoms with Crippen LogP contribution in [-0.4, -0.2) is 23.8 Å². The summed E-state index contributed by atoms with van der Waals surface area (Å²) >= 11 is 0. The molecule has 34 heavy (non-hydrogen) atoms. The van der Waals surface area contributed by atoms with Gasteiger partial charge in [-0.2, -0.15) is 0 Å². The summed E-state index contributed by atoms with van der Waals surface area (Å²) < 4.78 is 19.1. The molecule has 0 bridgehead atoms. The Kier molecular flexibility index (Phi) is 7.33. The Labute approximate surface area is 200 Å². The predicted octanol–water partition coefficient (Wildman–Crippen LogP) is 6.61. The van der Waals surface area contributed by atoms with E-state index in [1.807, 2.05) is 80.6 Å². The van der Waals surface area contributed by atoms with Gasteiger partial charge in [0.2, 0.25) is 0 Å². The number of aromatic nitrogens is 1. The van der Waals surface area contributed by atoms with E-state index in [4.69, 9.17) is 14.2 Å². The van der Waals surface area contributed by atoms with Crippen LogP contribution in [0.15, 0.2) is 84.9 Å². The van der Waals surface area contributed by atoms with Crippen molar-refractivity contribution in [3.05, 3.63) is 102 Å². The van der Waals surface area contributed by atoms with E-state index in [0.29, 0.717) is 25.4 Å². The van der Waals surface area contributed by atoms with Crippen LogP contribution in [0, 0.1) is 6.92 Å². The zero-order valence-electron chi connectivity index (χ0n) is 19.8. The van der Waals surface area contributed by atoms with Crippen LogP contribution in [0.5, 0.6) is 11.5 Å². The fourth-order valence-electron chi connectivity index (χ4n) is 3.89. The van der Waals surface area contributed by atoms with E-state index in [0.717, 1.165) is 39.7 Å². The molecule has 0 saturated heterocycles. The van der Waals surface area contributed by atoms with Gasteiger partial charge in [0.15, 0.2) is 0 Å². The van der Waals surface area contributed by atoms with Crippen molar-refractivity contribution in [3.63, 3.8) is 0 Å². The first kappa shape index (κ1) is 23.2. The lowest BCUT2D eigenvalue weighted by atomic mass is 10.1. The highest BCUT2D eigenvalue weighted by molar-refractivity contribution is 5.90. The summed E-state index contributed by atoms with van der Waals surface area (Å²) in [6.45, 7) is 7.26. The molecule has 0 amide bonds.